The summed E-state index contributed by atoms with van der Waals surface area (Å²) in [4.78, 5) is 10.1. The zero-order valence-corrected chi connectivity index (χ0v) is 15.1. The van der Waals surface area contributed by atoms with Crippen molar-refractivity contribution in [3.8, 4) is 11.3 Å². The molecule has 0 aliphatic carbocycles. The van der Waals surface area contributed by atoms with Gasteiger partial charge in [-0.1, -0.05) is 0 Å². The van der Waals surface area contributed by atoms with Gasteiger partial charge < -0.3 is 0 Å². The van der Waals surface area contributed by atoms with Crippen molar-refractivity contribution in [2.24, 2.45) is 0 Å². The molecule has 1 unspecified atom stereocenters. The molecule has 0 amide bonds. The van der Waals surface area contributed by atoms with E-state index in [2.05, 4.69) is 52.6 Å². The monoisotopic (exact) mass is 369 g/mol. The zero-order chi connectivity index (χ0) is 15.4. The third-order valence-electron chi connectivity index (χ3n) is 3.23. The number of aromatic nitrogens is 2. The van der Waals surface area contributed by atoms with Gasteiger partial charge in [0.1, 0.15) is 0 Å². The van der Waals surface area contributed by atoms with E-state index in [9.17, 15) is 0 Å². The van der Waals surface area contributed by atoms with Gasteiger partial charge in [0.2, 0.25) is 0 Å². The molecular weight excluding hydrogens is 353 g/mol. The van der Waals surface area contributed by atoms with Gasteiger partial charge >= 0.3 is 141 Å². The van der Waals surface area contributed by atoms with E-state index in [1.807, 2.05) is 18.2 Å². The average Bonchev–Trinajstić information content (AvgIpc) is 2.57. The number of nitrogen functional groups attached to an aromatic ring is 1. The van der Waals surface area contributed by atoms with Gasteiger partial charge in [-0.2, -0.15) is 0 Å². The van der Waals surface area contributed by atoms with Gasteiger partial charge in [0.25, 0.3) is 0 Å². The summed E-state index contributed by atoms with van der Waals surface area (Å²) in [6.07, 6.45) is 3.76. The number of nitrogens with two attached hydrogens (primary N) is 1. The third kappa shape index (κ3) is 3.52. The van der Waals surface area contributed by atoms with Crippen molar-refractivity contribution in [3.63, 3.8) is 0 Å². The van der Waals surface area contributed by atoms with Crippen LogP contribution in [0, 0.1) is 0 Å². The van der Waals surface area contributed by atoms with Crippen LogP contribution in [0.4, 0.5) is 5.69 Å². The van der Waals surface area contributed by atoms with Gasteiger partial charge in [-0.05, 0) is 0 Å². The van der Waals surface area contributed by atoms with E-state index in [1.165, 1.54) is 14.8 Å². The summed E-state index contributed by atoms with van der Waals surface area (Å²) in [6, 6.07) is 18.5. The molecule has 2 aromatic carbocycles. The second-order valence-corrected chi connectivity index (χ2v) is 8.39. The van der Waals surface area contributed by atoms with Gasteiger partial charge in [0.15, 0.2) is 0 Å². The molecule has 1 aromatic heterocycles. The summed E-state index contributed by atoms with van der Waals surface area (Å²) in [5, 5.41) is 0. The standard InChI is InChI=1S/C17H16AsN3S/c1-22-16-5-3-2-4-14(16)15-10-17(21-11-20-15)18-12-6-8-13(19)9-7-12/h2-11,18H,19H2,1H3. The van der Waals surface area contributed by atoms with Crippen molar-refractivity contribution in [2.45, 2.75) is 4.90 Å². The van der Waals surface area contributed by atoms with Gasteiger partial charge in [-0.15, -0.1) is 0 Å². The zero-order valence-electron chi connectivity index (χ0n) is 12.2. The molecule has 1 atom stereocenters. The van der Waals surface area contributed by atoms with Crippen LogP contribution in [0.2, 0.25) is 0 Å². The molecule has 0 fully saturated rings. The normalized spacial score (nSPS) is 11.1. The summed E-state index contributed by atoms with van der Waals surface area (Å²) in [6.45, 7) is 0. The second kappa shape index (κ2) is 6.99. The molecule has 3 nitrogen and oxygen atoms in total. The van der Waals surface area contributed by atoms with Crippen LogP contribution in [0.1, 0.15) is 0 Å². The summed E-state index contributed by atoms with van der Waals surface area (Å²) >= 11 is 1.27. The topological polar surface area (TPSA) is 51.8 Å². The fraction of sp³-hybridized carbons (Fsp3) is 0.0588. The number of hydrogen-bond acceptors (Lipinski definition) is 4. The fourth-order valence-corrected chi connectivity index (χ4v) is 4.77. The summed E-state index contributed by atoms with van der Waals surface area (Å²) < 4.78 is 2.45. The number of nitrogens with zero attached hydrogens (tertiary/aromatic N) is 2. The van der Waals surface area contributed by atoms with Crippen molar-refractivity contribution >= 4 is 42.0 Å². The van der Waals surface area contributed by atoms with E-state index in [0.717, 1.165) is 15.9 Å². The van der Waals surface area contributed by atoms with E-state index in [-0.39, 0.29) is 0 Å². The number of hydrogen-bond donors (Lipinski definition) is 1. The Labute approximate surface area is 141 Å². The molecule has 5 heteroatoms. The number of rotatable bonds is 4. The number of benzene rings is 2. The van der Waals surface area contributed by atoms with E-state index < -0.39 is 15.8 Å². The molecule has 22 heavy (non-hydrogen) atoms. The van der Waals surface area contributed by atoms with E-state index in [4.69, 9.17) is 5.73 Å². The Kier molecular flexibility index (Phi) is 4.81. The quantitative estimate of drug-likeness (QED) is 0.433. The molecule has 0 aliphatic heterocycles. The number of anilines is 1. The predicted octanol–water partition coefficient (Wildman–Crippen LogP) is 1.83. The first kappa shape index (κ1) is 15.1. The fourth-order valence-electron chi connectivity index (χ4n) is 2.14. The van der Waals surface area contributed by atoms with E-state index in [1.54, 1.807) is 18.1 Å². The molecule has 3 aromatic rings. The van der Waals surface area contributed by atoms with E-state index >= 15 is 0 Å². The minimum atomic E-state index is -0.470. The summed E-state index contributed by atoms with van der Waals surface area (Å²) in [5.74, 6) is 0. The van der Waals surface area contributed by atoms with Crippen LogP contribution >= 0.6 is 11.8 Å². The molecule has 2 N–H and O–H groups in total. The van der Waals surface area contributed by atoms with Crippen LogP contribution in [0.5, 0.6) is 0 Å². The Balaban J connectivity index is 1.91. The van der Waals surface area contributed by atoms with Crippen molar-refractivity contribution in [1.82, 2.24) is 9.97 Å². The predicted molar refractivity (Wildman–Crippen MR) is 96.5 cm³/mol. The first-order valence-corrected chi connectivity index (χ1v) is 10.2. The Hall–Kier alpha value is -1.77. The summed E-state index contributed by atoms with van der Waals surface area (Å²) in [7, 11) is 0. The third-order valence-corrected chi connectivity index (χ3v) is 6.45. The number of thioether (sulfide) groups is 1. The Bertz CT molecular complexity index is 775. The van der Waals surface area contributed by atoms with Crippen molar-refractivity contribution in [1.29, 1.82) is 0 Å². The molecular formula is C17H16AsN3S. The first-order chi connectivity index (χ1) is 10.8. The van der Waals surface area contributed by atoms with Crippen molar-refractivity contribution < 1.29 is 0 Å². The Morgan fingerprint density at radius 3 is 2.55 bits per heavy atom. The molecule has 0 saturated heterocycles. The molecule has 0 saturated carbocycles. The van der Waals surface area contributed by atoms with Crippen LogP contribution in [0.15, 0.2) is 65.8 Å². The van der Waals surface area contributed by atoms with Gasteiger partial charge in [-0.25, -0.2) is 0 Å². The van der Waals surface area contributed by atoms with Gasteiger partial charge in [0.05, 0.1) is 0 Å². The van der Waals surface area contributed by atoms with Crippen LogP contribution in [-0.4, -0.2) is 32.0 Å². The van der Waals surface area contributed by atoms with Crippen LogP contribution in [-0.2, 0) is 0 Å². The Morgan fingerprint density at radius 1 is 1.00 bits per heavy atom. The van der Waals surface area contributed by atoms with Crippen LogP contribution in [0.3, 0.4) is 0 Å². The average molecular weight is 369 g/mol. The SMILES string of the molecule is CSc1ccccc1-c1cc([AsH]c2ccc(N)cc2)ncn1. The van der Waals surface area contributed by atoms with E-state index in [0.29, 0.717) is 0 Å². The maximum absolute atomic E-state index is 5.74. The van der Waals surface area contributed by atoms with Crippen molar-refractivity contribution in [3.05, 3.63) is 60.9 Å². The first-order valence-electron chi connectivity index (χ1n) is 6.84. The Morgan fingerprint density at radius 2 is 1.77 bits per heavy atom. The molecule has 0 radical (unpaired) electrons. The van der Waals surface area contributed by atoms with Gasteiger partial charge in [-0.3, -0.25) is 0 Å². The second-order valence-electron chi connectivity index (χ2n) is 4.74. The minimum absolute atomic E-state index is 0.470. The maximum atomic E-state index is 5.74. The molecule has 110 valence electrons. The molecule has 0 aliphatic rings. The van der Waals surface area contributed by atoms with Crippen molar-refractivity contribution in [2.75, 3.05) is 12.0 Å². The molecule has 0 bridgehead atoms. The van der Waals surface area contributed by atoms with Crippen LogP contribution in [0.25, 0.3) is 11.3 Å². The van der Waals surface area contributed by atoms with Crippen LogP contribution < -0.4 is 14.6 Å². The summed E-state index contributed by atoms with van der Waals surface area (Å²) in [5.41, 5.74) is 8.70. The molecule has 0 spiro atoms. The molecule has 1 heterocycles. The molecule has 3 rings (SSSR count). The van der Waals surface area contributed by atoms with Gasteiger partial charge in [0, 0.05) is 0 Å².